The zero-order chi connectivity index (χ0) is 15.5. The molecule has 0 aliphatic heterocycles. The van der Waals surface area contributed by atoms with Crippen LogP contribution in [0.5, 0.6) is 0 Å². The van der Waals surface area contributed by atoms with Crippen LogP contribution in [0.4, 0.5) is 0 Å². The number of esters is 1. The fourth-order valence-corrected chi connectivity index (χ4v) is 3.73. The Bertz CT molecular complexity index is 582. The van der Waals surface area contributed by atoms with E-state index < -0.39 is 6.04 Å². The van der Waals surface area contributed by atoms with E-state index in [1.165, 1.54) is 16.9 Å². The molecular weight excluding hydrogens is 302 g/mol. The van der Waals surface area contributed by atoms with Gasteiger partial charge < -0.3 is 4.74 Å². The van der Waals surface area contributed by atoms with Gasteiger partial charge in [0.05, 0.1) is 7.11 Å². The van der Waals surface area contributed by atoms with Gasteiger partial charge in [0.1, 0.15) is 6.04 Å². The molecule has 3 nitrogen and oxygen atoms in total. The summed E-state index contributed by atoms with van der Waals surface area (Å²) in [6, 6.07) is 7.79. The SMILES string of the molecule is COC(=O)C(NCc1cccs1)c1ccc(C(C)(C)C)s1. The van der Waals surface area contributed by atoms with Gasteiger partial charge in [0.15, 0.2) is 0 Å². The minimum absolute atomic E-state index is 0.0946. The van der Waals surface area contributed by atoms with E-state index in [0.717, 1.165) is 4.88 Å². The van der Waals surface area contributed by atoms with Crippen molar-refractivity contribution in [3.05, 3.63) is 44.3 Å². The molecule has 0 aliphatic rings. The van der Waals surface area contributed by atoms with Crippen molar-refractivity contribution in [3.63, 3.8) is 0 Å². The lowest BCUT2D eigenvalue weighted by molar-refractivity contribution is -0.143. The van der Waals surface area contributed by atoms with Gasteiger partial charge in [-0.25, -0.2) is 4.79 Å². The molecular formula is C16H21NO2S2. The number of carbonyl (C=O) groups excluding carboxylic acids is 1. The number of hydrogen-bond acceptors (Lipinski definition) is 5. The Morgan fingerprint density at radius 1 is 1.33 bits per heavy atom. The van der Waals surface area contributed by atoms with Gasteiger partial charge in [-0.05, 0) is 29.0 Å². The van der Waals surface area contributed by atoms with Crippen molar-refractivity contribution in [1.29, 1.82) is 0 Å². The molecule has 114 valence electrons. The molecule has 0 radical (unpaired) electrons. The van der Waals surface area contributed by atoms with E-state index >= 15 is 0 Å². The van der Waals surface area contributed by atoms with E-state index in [9.17, 15) is 4.79 Å². The van der Waals surface area contributed by atoms with Crippen LogP contribution >= 0.6 is 22.7 Å². The van der Waals surface area contributed by atoms with Crippen LogP contribution in [0.1, 0.15) is 41.4 Å². The Balaban J connectivity index is 2.15. The highest BCUT2D eigenvalue weighted by Gasteiger charge is 2.25. The van der Waals surface area contributed by atoms with Gasteiger partial charge in [0.25, 0.3) is 0 Å². The summed E-state index contributed by atoms with van der Waals surface area (Å²) >= 11 is 3.35. The zero-order valence-electron chi connectivity index (χ0n) is 12.8. The van der Waals surface area contributed by atoms with Crippen molar-refractivity contribution in [2.24, 2.45) is 0 Å². The molecule has 0 aliphatic carbocycles. The second kappa shape index (κ2) is 6.73. The second-order valence-electron chi connectivity index (χ2n) is 5.87. The monoisotopic (exact) mass is 323 g/mol. The molecule has 0 fully saturated rings. The minimum Gasteiger partial charge on any atom is -0.468 e. The van der Waals surface area contributed by atoms with Gasteiger partial charge in [-0.2, -0.15) is 0 Å². The normalized spacial score (nSPS) is 13.1. The minimum atomic E-state index is -0.404. The number of hydrogen-bond donors (Lipinski definition) is 1. The number of methoxy groups -OCH3 is 1. The van der Waals surface area contributed by atoms with Crippen molar-refractivity contribution >= 4 is 28.6 Å². The van der Waals surface area contributed by atoms with Crippen LogP contribution in [0.3, 0.4) is 0 Å². The summed E-state index contributed by atoms with van der Waals surface area (Å²) in [5.74, 6) is -0.242. The first-order chi connectivity index (χ1) is 9.91. The Kier molecular flexibility index (Phi) is 5.19. The quantitative estimate of drug-likeness (QED) is 0.842. The number of nitrogens with one attached hydrogen (secondary N) is 1. The first kappa shape index (κ1) is 16.2. The van der Waals surface area contributed by atoms with Gasteiger partial charge in [-0.15, -0.1) is 22.7 Å². The van der Waals surface area contributed by atoms with Crippen LogP contribution in [0.15, 0.2) is 29.6 Å². The van der Waals surface area contributed by atoms with Crippen molar-refractivity contribution in [3.8, 4) is 0 Å². The highest BCUT2D eigenvalue weighted by molar-refractivity contribution is 7.12. The van der Waals surface area contributed by atoms with Crippen LogP contribution in [0, 0.1) is 0 Å². The molecule has 1 unspecified atom stereocenters. The highest BCUT2D eigenvalue weighted by atomic mass is 32.1. The largest absolute Gasteiger partial charge is 0.468 e. The molecule has 2 aromatic rings. The van der Waals surface area contributed by atoms with Crippen molar-refractivity contribution in [2.45, 2.75) is 38.8 Å². The van der Waals surface area contributed by atoms with Crippen LogP contribution < -0.4 is 5.32 Å². The third-order valence-corrected chi connectivity index (χ3v) is 5.60. The standard InChI is InChI=1S/C16H21NO2S2/c1-16(2,3)13-8-7-12(21-13)14(15(18)19-4)17-10-11-6-5-9-20-11/h5-9,14,17H,10H2,1-4H3. The topological polar surface area (TPSA) is 38.3 Å². The number of thiophene rings is 2. The van der Waals surface area contributed by atoms with Gasteiger partial charge in [0.2, 0.25) is 0 Å². The third kappa shape index (κ3) is 4.15. The van der Waals surface area contributed by atoms with Crippen LogP contribution in [0.25, 0.3) is 0 Å². The molecule has 0 saturated carbocycles. The fraction of sp³-hybridized carbons (Fsp3) is 0.438. The van der Waals surface area contributed by atoms with Gasteiger partial charge >= 0.3 is 5.97 Å². The first-order valence-electron chi connectivity index (χ1n) is 6.85. The number of carbonyl (C=O) groups is 1. The molecule has 2 heterocycles. The maximum Gasteiger partial charge on any atom is 0.328 e. The van der Waals surface area contributed by atoms with Crippen LogP contribution in [0.2, 0.25) is 0 Å². The maximum absolute atomic E-state index is 12.1. The molecule has 0 aromatic carbocycles. The van der Waals surface area contributed by atoms with Crippen LogP contribution in [-0.2, 0) is 21.5 Å². The van der Waals surface area contributed by atoms with Gasteiger partial charge in [0, 0.05) is 21.2 Å². The average molecular weight is 323 g/mol. The Morgan fingerprint density at radius 3 is 2.62 bits per heavy atom. The lowest BCUT2D eigenvalue weighted by atomic mass is 9.95. The van der Waals surface area contributed by atoms with E-state index in [1.807, 2.05) is 17.5 Å². The van der Waals surface area contributed by atoms with Crippen molar-refractivity contribution in [1.82, 2.24) is 5.32 Å². The molecule has 0 spiro atoms. The van der Waals surface area contributed by atoms with Crippen molar-refractivity contribution < 1.29 is 9.53 Å². The zero-order valence-corrected chi connectivity index (χ0v) is 14.4. The Morgan fingerprint density at radius 2 is 2.10 bits per heavy atom. The van der Waals surface area contributed by atoms with E-state index in [4.69, 9.17) is 4.74 Å². The Labute approximate surface area is 134 Å². The first-order valence-corrected chi connectivity index (χ1v) is 8.55. The third-order valence-electron chi connectivity index (χ3n) is 3.15. The Hall–Kier alpha value is -1.17. The van der Waals surface area contributed by atoms with Gasteiger partial charge in [-0.3, -0.25) is 5.32 Å². The summed E-state index contributed by atoms with van der Waals surface area (Å²) in [6.45, 7) is 7.19. The maximum atomic E-state index is 12.1. The number of ether oxygens (including phenoxy) is 1. The second-order valence-corrected chi connectivity index (χ2v) is 8.02. The van der Waals surface area contributed by atoms with Gasteiger partial charge in [-0.1, -0.05) is 26.8 Å². The molecule has 0 saturated heterocycles. The van der Waals surface area contributed by atoms with E-state index in [0.29, 0.717) is 6.54 Å². The highest BCUT2D eigenvalue weighted by Crippen LogP contribution is 2.33. The molecule has 2 aromatic heterocycles. The molecule has 5 heteroatoms. The molecule has 0 amide bonds. The predicted molar refractivity (Wildman–Crippen MR) is 88.9 cm³/mol. The van der Waals surface area contributed by atoms with Crippen molar-refractivity contribution in [2.75, 3.05) is 7.11 Å². The summed E-state index contributed by atoms with van der Waals surface area (Å²) < 4.78 is 4.94. The predicted octanol–water partition coefficient (Wildman–Crippen LogP) is 4.11. The fourth-order valence-electron chi connectivity index (χ4n) is 1.94. The smallest absolute Gasteiger partial charge is 0.328 e. The molecule has 0 bridgehead atoms. The van der Waals surface area contributed by atoms with E-state index in [2.05, 4.69) is 38.2 Å². The summed E-state index contributed by atoms with van der Waals surface area (Å²) in [5, 5.41) is 5.33. The molecule has 1 atom stereocenters. The van der Waals surface area contributed by atoms with Crippen LogP contribution in [-0.4, -0.2) is 13.1 Å². The molecule has 1 N–H and O–H groups in total. The summed E-state index contributed by atoms with van der Waals surface area (Å²) in [4.78, 5) is 15.5. The molecule has 2 rings (SSSR count). The van der Waals surface area contributed by atoms with E-state index in [1.54, 1.807) is 22.7 Å². The molecule has 21 heavy (non-hydrogen) atoms. The summed E-state index contributed by atoms with van der Waals surface area (Å²) in [6.07, 6.45) is 0. The number of rotatable bonds is 5. The summed E-state index contributed by atoms with van der Waals surface area (Å²) in [5.41, 5.74) is 0.0946. The lowest BCUT2D eigenvalue weighted by Crippen LogP contribution is -2.28. The van der Waals surface area contributed by atoms with E-state index in [-0.39, 0.29) is 11.4 Å². The average Bonchev–Trinajstić information content (AvgIpc) is 3.08. The summed E-state index contributed by atoms with van der Waals surface area (Å²) in [7, 11) is 1.43. The lowest BCUT2D eigenvalue weighted by Gasteiger charge is -2.17.